The quantitative estimate of drug-likeness (QED) is 0.294. The number of benzene rings is 1. The number of H-pyrrole nitrogens is 1. The molecule has 0 aliphatic carbocycles. The summed E-state index contributed by atoms with van der Waals surface area (Å²) in [6.45, 7) is 5.19. The van der Waals surface area contributed by atoms with Gasteiger partial charge in [-0.05, 0) is 60.7 Å². The summed E-state index contributed by atoms with van der Waals surface area (Å²) in [6, 6.07) is 9.00. The highest BCUT2D eigenvalue weighted by atomic mass is 35.5. The molecule has 3 aromatic heterocycles. The van der Waals surface area contributed by atoms with E-state index in [9.17, 15) is 4.79 Å². The fraction of sp³-hybridized carbons (Fsp3) is 0.231. The lowest BCUT2D eigenvalue weighted by atomic mass is 9.89. The Morgan fingerprint density at radius 2 is 2.03 bits per heavy atom. The molecule has 8 nitrogen and oxygen atoms in total. The number of halogens is 2. The smallest absolute Gasteiger partial charge is 0.245 e. The van der Waals surface area contributed by atoms with Crippen LogP contribution in [-0.4, -0.2) is 43.8 Å². The van der Waals surface area contributed by atoms with Gasteiger partial charge in [0.1, 0.15) is 30.1 Å². The summed E-state index contributed by atoms with van der Waals surface area (Å²) >= 11 is 12.7. The fourth-order valence-corrected chi connectivity index (χ4v) is 4.86. The molecule has 0 spiro atoms. The van der Waals surface area contributed by atoms with Crippen molar-refractivity contribution in [3.05, 3.63) is 83.0 Å². The Hall–Kier alpha value is -3.62. The second-order valence-corrected chi connectivity index (χ2v) is 9.30. The van der Waals surface area contributed by atoms with E-state index in [0.717, 1.165) is 35.1 Å². The van der Waals surface area contributed by atoms with Crippen molar-refractivity contribution in [3.8, 4) is 5.75 Å². The van der Waals surface area contributed by atoms with Crippen molar-refractivity contribution in [1.29, 1.82) is 0 Å². The summed E-state index contributed by atoms with van der Waals surface area (Å²) in [5.74, 6) is 1.48. The van der Waals surface area contributed by atoms with Gasteiger partial charge in [-0.3, -0.25) is 9.78 Å². The summed E-state index contributed by atoms with van der Waals surface area (Å²) in [5, 5.41) is 5.31. The number of piperidine rings is 1. The number of anilines is 2. The minimum atomic E-state index is -0.0227. The van der Waals surface area contributed by atoms with Gasteiger partial charge in [0.05, 0.1) is 21.1 Å². The number of carbonyl (C=O) groups excluding carboxylic acids is 1. The van der Waals surface area contributed by atoms with Crippen molar-refractivity contribution in [3.63, 3.8) is 0 Å². The first-order chi connectivity index (χ1) is 17.5. The average molecular weight is 523 g/mol. The van der Waals surface area contributed by atoms with Crippen LogP contribution in [0.3, 0.4) is 0 Å². The van der Waals surface area contributed by atoms with Gasteiger partial charge >= 0.3 is 0 Å². The van der Waals surface area contributed by atoms with Gasteiger partial charge in [0.15, 0.2) is 0 Å². The van der Waals surface area contributed by atoms with E-state index in [1.165, 1.54) is 12.4 Å². The van der Waals surface area contributed by atoms with Crippen LogP contribution in [0.2, 0.25) is 10.0 Å². The Labute approximate surface area is 218 Å². The largest absolute Gasteiger partial charge is 0.486 e. The molecular formula is C26H24Cl2N6O2. The SMILES string of the molecule is C=CC(=O)N1CCC(c2c[nH]c3ncnc(Nc4ccc(OCc5ncccc5Cl)c(Cl)c4)c23)CC1. The number of nitrogens with one attached hydrogen (secondary N) is 2. The molecule has 1 aliphatic rings. The molecule has 5 rings (SSSR count). The van der Waals surface area contributed by atoms with Gasteiger partial charge in [0, 0.05) is 31.2 Å². The van der Waals surface area contributed by atoms with Crippen molar-refractivity contribution in [2.75, 3.05) is 18.4 Å². The molecule has 4 aromatic rings. The van der Waals surface area contributed by atoms with E-state index in [1.807, 2.05) is 17.2 Å². The number of fused-ring (bicyclic) bond motifs is 1. The highest BCUT2D eigenvalue weighted by molar-refractivity contribution is 6.32. The van der Waals surface area contributed by atoms with Gasteiger partial charge in [-0.2, -0.15) is 0 Å². The first kappa shape index (κ1) is 24.1. The number of carbonyl (C=O) groups is 1. The summed E-state index contributed by atoms with van der Waals surface area (Å²) < 4.78 is 5.83. The van der Waals surface area contributed by atoms with E-state index in [1.54, 1.807) is 30.5 Å². The molecule has 184 valence electrons. The second-order valence-electron chi connectivity index (χ2n) is 8.48. The maximum Gasteiger partial charge on any atom is 0.245 e. The standard InChI is InChI=1S/C26H24Cl2N6O2/c1-2-23(35)34-10-7-16(8-11-34)18-13-30-25-24(18)26(32-15-31-25)33-17-5-6-22(20(28)12-17)36-14-21-19(27)4-3-9-29-21/h2-6,9,12-13,15-16H,1,7-8,10-11,14H2,(H2,30,31,32,33). The van der Waals surface area contributed by atoms with Gasteiger partial charge in [0.2, 0.25) is 5.91 Å². The molecule has 1 fully saturated rings. The highest BCUT2D eigenvalue weighted by Crippen LogP contribution is 2.37. The van der Waals surface area contributed by atoms with Crippen LogP contribution >= 0.6 is 23.2 Å². The monoisotopic (exact) mass is 522 g/mol. The molecule has 2 N–H and O–H groups in total. The van der Waals surface area contributed by atoms with Crippen LogP contribution < -0.4 is 10.1 Å². The predicted octanol–water partition coefficient (Wildman–Crippen LogP) is 5.87. The van der Waals surface area contributed by atoms with Crippen LogP contribution in [0.4, 0.5) is 11.5 Å². The van der Waals surface area contributed by atoms with Crippen molar-refractivity contribution in [1.82, 2.24) is 24.8 Å². The summed E-state index contributed by atoms with van der Waals surface area (Å²) in [4.78, 5) is 30.2. The van der Waals surface area contributed by atoms with E-state index in [-0.39, 0.29) is 18.4 Å². The molecule has 1 aromatic carbocycles. The predicted molar refractivity (Wildman–Crippen MR) is 141 cm³/mol. The zero-order valence-electron chi connectivity index (χ0n) is 19.4. The number of ether oxygens (including phenoxy) is 1. The Balaban J connectivity index is 1.33. The number of likely N-dealkylation sites (tertiary alicyclic amines) is 1. The van der Waals surface area contributed by atoms with Gasteiger partial charge < -0.3 is 19.9 Å². The van der Waals surface area contributed by atoms with Crippen molar-refractivity contribution in [2.24, 2.45) is 0 Å². The minimum absolute atomic E-state index is 0.0227. The van der Waals surface area contributed by atoms with Crippen molar-refractivity contribution < 1.29 is 9.53 Å². The lowest BCUT2D eigenvalue weighted by Gasteiger charge is -2.31. The Morgan fingerprint density at radius 3 is 2.78 bits per heavy atom. The lowest BCUT2D eigenvalue weighted by Crippen LogP contribution is -2.36. The average Bonchev–Trinajstić information content (AvgIpc) is 3.34. The third-order valence-electron chi connectivity index (χ3n) is 6.32. The fourth-order valence-electron chi connectivity index (χ4n) is 4.45. The zero-order valence-corrected chi connectivity index (χ0v) is 20.9. The molecule has 0 atom stereocenters. The lowest BCUT2D eigenvalue weighted by molar-refractivity contribution is -0.127. The van der Waals surface area contributed by atoms with Crippen LogP contribution in [-0.2, 0) is 11.4 Å². The first-order valence-corrected chi connectivity index (χ1v) is 12.3. The van der Waals surface area contributed by atoms with Crippen LogP contribution in [0.5, 0.6) is 5.75 Å². The van der Waals surface area contributed by atoms with Crippen molar-refractivity contribution >= 4 is 51.6 Å². The molecule has 0 bridgehead atoms. The molecule has 0 saturated carbocycles. The molecule has 0 unspecified atom stereocenters. The molecular weight excluding hydrogens is 499 g/mol. The number of nitrogens with zero attached hydrogens (tertiary/aromatic N) is 4. The topological polar surface area (TPSA) is 96.0 Å². The van der Waals surface area contributed by atoms with Crippen LogP contribution in [0.25, 0.3) is 11.0 Å². The molecule has 1 amide bonds. The number of amides is 1. The Bertz CT molecular complexity index is 1410. The number of rotatable bonds is 7. The number of pyridine rings is 1. The minimum Gasteiger partial charge on any atom is -0.486 e. The summed E-state index contributed by atoms with van der Waals surface area (Å²) in [7, 11) is 0. The van der Waals surface area contributed by atoms with Gasteiger partial charge in [-0.15, -0.1) is 0 Å². The van der Waals surface area contributed by atoms with Crippen molar-refractivity contribution in [2.45, 2.75) is 25.4 Å². The van der Waals surface area contributed by atoms with E-state index >= 15 is 0 Å². The zero-order chi connectivity index (χ0) is 25.1. The molecule has 10 heteroatoms. The van der Waals surface area contributed by atoms with E-state index in [4.69, 9.17) is 27.9 Å². The molecule has 1 aliphatic heterocycles. The molecule has 36 heavy (non-hydrogen) atoms. The van der Waals surface area contributed by atoms with E-state index in [0.29, 0.717) is 40.4 Å². The van der Waals surface area contributed by atoms with Crippen LogP contribution in [0, 0.1) is 0 Å². The molecule has 0 radical (unpaired) electrons. The summed E-state index contributed by atoms with van der Waals surface area (Å²) in [5.41, 5.74) is 3.30. The van der Waals surface area contributed by atoms with E-state index < -0.39 is 0 Å². The van der Waals surface area contributed by atoms with E-state index in [2.05, 4.69) is 31.8 Å². The Morgan fingerprint density at radius 1 is 1.19 bits per heavy atom. The normalized spacial score (nSPS) is 14.1. The number of hydrogen-bond donors (Lipinski definition) is 2. The number of aromatic amines is 1. The van der Waals surface area contributed by atoms with Crippen LogP contribution in [0.15, 0.2) is 61.7 Å². The van der Waals surface area contributed by atoms with Gasteiger partial charge in [-0.1, -0.05) is 29.8 Å². The third kappa shape index (κ3) is 5.01. The second kappa shape index (κ2) is 10.6. The number of hydrogen-bond acceptors (Lipinski definition) is 6. The van der Waals surface area contributed by atoms with Crippen LogP contribution in [0.1, 0.15) is 30.0 Å². The summed E-state index contributed by atoms with van der Waals surface area (Å²) in [6.07, 6.45) is 8.27. The Kier molecular flexibility index (Phi) is 7.06. The maximum absolute atomic E-state index is 12.0. The highest BCUT2D eigenvalue weighted by Gasteiger charge is 2.26. The molecule has 1 saturated heterocycles. The maximum atomic E-state index is 12.0. The molecule has 4 heterocycles. The third-order valence-corrected chi connectivity index (χ3v) is 6.95. The van der Waals surface area contributed by atoms with Gasteiger partial charge in [-0.25, -0.2) is 9.97 Å². The van der Waals surface area contributed by atoms with Gasteiger partial charge in [0.25, 0.3) is 0 Å². The first-order valence-electron chi connectivity index (χ1n) is 11.6. The number of aromatic nitrogens is 4.